The molecule has 1 atom stereocenters. The minimum Gasteiger partial charge on any atom is -0.493 e. The van der Waals surface area contributed by atoms with Crippen molar-refractivity contribution < 1.29 is 26.7 Å². The van der Waals surface area contributed by atoms with Crippen LogP contribution in [0.3, 0.4) is 0 Å². The van der Waals surface area contributed by atoms with Gasteiger partial charge in [-0.3, -0.25) is 9.35 Å². The van der Waals surface area contributed by atoms with Crippen LogP contribution >= 0.6 is 0 Å². The van der Waals surface area contributed by atoms with E-state index in [2.05, 4.69) is 9.50 Å². The second-order valence-electron chi connectivity index (χ2n) is 4.13. The molecule has 0 aliphatic carbocycles. The third-order valence-corrected chi connectivity index (χ3v) is 3.22. The van der Waals surface area contributed by atoms with Crippen LogP contribution in [0.2, 0.25) is 0 Å². The molecule has 0 radical (unpaired) electrons. The second-order valence-corrected chi connectivity index (χ2v) is 5.15. The van der Waals surface area contributed by atoms with Gasteiger partial charge in [0.2, 0.25) is 5.91 Å². The lowest BCUT2D eigenvalue weighted by molar-refractivity contribution is -0.119. The molecule has 1 aliphatic heterocycles. The van der Waals surface area contributed by atoms with Crippen LogP contribution in [0.1, 0.15) is 17.9 Å². The van der Waals surface area contributed by atoms with E-state index in [1.807, 2.05) is 0 Å². The average Bonchev–Trinajstić information content (AvgIpc) is 2.74. The first kappa shape index (κ1) is 13.6. The highest BCUT2D eigenvalue weighted by Gasteiger charge is 2.24. The van der Waals surface area contributed by atoms with Crippen LogP contribution in [-0.4, -0.2) is 32.5 Å². The lowest BCUT2D eigenvalue weighted by atomic mass is 9.98. The van der Waals surface area contributed by atoms with Crippen molar-refractivity contribution in [3.05, 3.63) is 23.8 Å². The molecule has 0 bridgehead atoms. The SMILES string of the molecule is COc1ccc([C@@H]2CNC(=O)C2)cc1OS(=O)(=O)O. The fourth-order valence-electron chi connectivity index (χ4n) is 1.97. The molecule has 1 saturated heterocycles. The third-order valence-electron chi connectivity index (χ3n) is 2.83. The van der Waals surface area contributed by atoms with Gasteiger partial charge in [0.05, 0.1) is 7.11 Å². The summed E-state index contributed by atoms with van der Waals surface area (Å²) in [6.45, 7) is 0.483. The maximum atomic E-state index is 11.2. The molecular formula is C11H13NO6S. The first-order valence-corrected chi connectivity index (χ1v) is 6.87. The number of nitrogens with one attached hydrogen (secondary N) is 1. The molecular weight excluding hydrogens is 274 g/mol. The number of methoxy groups -OCH3 is 1. The quantitative estimate of drug-likeness (QED) is 0.781. The molecule has 8 heteroatoms. The van der Waals surface area contributed by atoms with Gasteiger partial charge in [0, 0.05) is 18.9 Å². The van der Waals surface area contributed by atoms with Crippen molar-refractivity contribution in [3.63, 3.8) is 0 Å². The number of carbonyl (C=O) groups excluding carboxylic acids is 1. The number of ether oxygens (including phenoxy) is 1. The number of benzene rings is 1. The Labute approximate surface area is 110 Å². The third kappa shape index (κ3) is 3.36. The molecule has 1 amide bonds. The molecule has 1 fully saturated rings. The molecule has 7 nitrogen and oxygen atoms in total. The number of carbonyl (C=O) groups is 1. The van der Waals surface area contributed by atoms with Crippen molar-refractivity contribution in [2.45, 2.75) is 12.3 Å². The molecule has 2 N–H and O–H groups in total. The highest BCUT2D eigenvalue weighted by Crippen LogP contribution is 2.33. The van der Waals surface area contributed by atoms with Crippen molar-refractivity contribution in [1.29, 1.82) is 0 Å². The van der Waals surface area contributed by atoms with Crippen LogP contribution in [0.15, 0.2) is 18.2 Å². The predicted molar refractivity (Wildman–Crippen MR) is 65.5 cm³/mol. The van der Waals surface area contributed by atoms with Gasteiger partial charge in [-0.05, 0) is 17.7 Å². The molecule has 2 rings (SSSR count). The molecule has 1 heterocycles. The van der Waals surface area contributed by atoms with Crippen molar-refractivity contribution in [2.75, 3.05) is 13.7 Å². The summed E-state index contributed by atoms with van der Waals surface area (Å²) < 4.78 is 39.6. The van der Waals surface area contributed by atoms with Crippen LogP contribution in [0.4, 0.5) is 0 Å². The van der Waals surface area contributed by atoms with Crippen molar-refractivity contribution in [3.8, 4) is 11.5 Å². The summed E-state index contributed by atoms with van der Waals surface area (Å²) in [5, 5.41) is 2.69. The van der Waals surface area contributed by atoms with Gasteiger partial charge >= 0.3 is 10.4 Å². The monoisotopic (exact) mass is 287 g/mol. The summed E-state index contributed by atoms with van der Waals surface area (Å²) >= 11 is 0. The van der Waals surface area contributed by atoms with Gasteiger partial charge in [0.25, 0.3) is 0 Å². The van der Waals surface area contributed by atoms with Gasteiger partial charge in [0.1, 0.15) is 0 Å². The maximum absolute atomic E-state index is 11.2. The molecule has 0 spiro atoms. The highest BCUT2D eigenvalue weighted by atomic mass is 32.3. The molecule has 1 aliphatic rings. The van der Waals surface area contributed by atoms with E-state index in [-0.39, 0.29) is 23.3 Å². The fraction of sp³-hybridized carbons (Fsp3) is 0.364. The lowest BCUT2D eigenvalue weighted by Crippen LogP contribution is -2.13. The first-order chi connectivity index (χ1) is 8.89. The van der Waals surface area contributed by atoms with E-state index in [1.165, 1.54) is 19.2 Å². The van der Waals surface area contributed by atoms with Gasteiger partial charge in [0.15, 0.2) is 11.5 Å². The molecule has 1 aromatic carbocycles. The Morgan fingerprint density at radius 1 is 1.37 bits per heavy atom. The predicted octanol–water partition coefficient (Wildman–Crippen LogP) is 0.480. The zero-order chi connectivity index (χ0) is 14.0. The molecule has 0 saturated carbocycles. The zero-order valence-electron chi connectivity index (χ0n) is 10.1. The largest absolute Gasteiger partial charge is 0.493 e. The zero-order valence-corrected chi connectivity index (χ0v) is 10.9. The Balaban J connectivity index is 2.32. The van der Waals surface area contributed by atoms with Gasteiger partial charge in [-0.25, -0.2) is 0 Å². The molecule has 104 valence electrons. The molecule has 19 heavy (non-hydrogen) atoms. The molecule has 1 aromatic rings. The van der Waals surface area contributed by atoms with E-state index in [4.69, 9.17) is 9.29 Å². The number of amides is 1. The normalized spacial score (nSPS) is 19.1. The topological polar surface area (TPSA) is 102 Å². The van der Waals surface area contributed by atoms with E-state index < -0.39 is 10.4 Å². The number of rotatable bonds is 4. The van der Waals surface area contributed by atoms with Crippen LogP contribution in [0.5, 0.6) is 11.5 Å². The summed E-state index contributed by atoms with van der Waals surface area (Å²) in [7, 11) is -3.27. The van der Waals surface area contributed by atoms with E-state index in [0.717, 1.165) is 5.56 Å². The summed E-state index contributed by atoms with van der Waals surface area (Å²) in [5.74, 6) is -0.0410. The van der Waals surface area contributed by atoms with Crippen LogP contribution in [0.25, 0.3) is 0 Å². The fourth-order valence-corrected chi connectivity index (χ4v) is 2.32. The van der Waals surface area contributed by atoms with Crippen molar-refractivity contribution in [2.24, 2.45) is 0 Å². The van der Waals surface area contributed by atoms with Gasteiger partial charge in [-0.1, -0.05) is 6.07 Å². The maximum Gasteiger partial charge on any atom is 0.446 e. The summed E-state index contributed by atoms with van der Waals surface area (Å²) in [6, 6.07) is 4.69. The standard InChI is InChI=1S/C11H13NO6S/c1-17-9-3-2-7(8-5-11(13)12-6-8)4-10(9)18-19(14,15)16/h2-4,8H,5-6H2,1H3,(H,12,13)(H,14,15,16)/t8-/m0/s1. The van der Waals surface area contributed by atoms with Gasteiger partial charge in [-0.15, -0.1) is 0 Å². The summed E-state index contributed by atoms with van der Waals surface area (Å²) in [4.78, 5) is 11.2. The Hall–Kier alpha value is -1.80. The van der Waals surface area contributed by atoms with E-state index in [1.54, 1.807) is 6.07 Å². The number of hydrogen-bond donors (Lipinski definition) is 2. The highest BCUT2D eigenvalue weighted by molar-refractivity contribution is 7.81. The van der Waals surface area contributed by atoms with Crippen molar-refractivity contribution >= 4 is 16.3 Å². The second kappa shape index (κ2) is 5.06. The van der Waals surface area contributed by atoms with Gasteiger partial charge < -0.3 is 14.2 Å². The average molecular weight is 287 g/mol. The summed E-state index contributed by atoms with van der Waals surface area (Å²) in [6.07, 6.45) is 0.331. The van der Waals surface area contributed by atoms with E-state index in [0.29, 0.717) is 13.0 Å². The Kier molecular flexibility index (Phi) is 3.63. The van der Waals surface area contributed by atoms with Crippen molar-refractivity contribution in [1.82, 2.24) is 5.32 Å². The Morgan fingerprint density at radius 3 is 2.63 bits per heavy atom. The smallest absolute Gasteiger partial charge is 0.446 e. The Morgan fingerprint density at radius 2 is 2.11 bits per heavy atom. The molecule has 0 unspecified atom stereocenters. The summed E-state index contributed by atoms with van der Waals surface area (Å²) in [5.41, 5.74) is 0.734. The Bertz CT molecular complexity index is 597. The van der Waals surface area contributed by atoms with Crippen LogP contribution < -0.4 is 14.2 Å². The van der Waals surface area contributed by atoms with Crippen LogP contribution in [-0.2, 0) is 15.2 Å². The minimum atomic E-state index is -4.62. The first-order valence-electron chi connectivity index (χ1n) is 5.50. The number of hydrogen-bond acceptors (Lipinski definition) is 5. The van der Waals surface area contributed by atoms with E-state index in [9.17, 15) is 13.2 Å². The lowest BCUT2D eigenvalue weighted by Gasteiger charge is -2.12. The minimum absolute atomic E-state index is 0.0536. The molecule has 0 aromatic heterocycles. The van der Waals surface area contributed by atoms with E-state index >= 15 is 0 Å². The van der Waals surface area contributed by atoms with Gasteiger partial charge in [-0.2, -0.15) is 8.42 Å². The van der Waals surface area contributed by atoms with Crippen LogP contribution in [0, 0.1) is 0 Å².